The number of rotatable bonds is 4. The maximum atomic E-state index is 5.39. The van der Waals surface area contributed by atoms with E-state index in [-0.39, 0.29) is 0 Å². The molecule has 17 heavy (non-hydrogen) atoms. The van der Waals surface area contributed by atoms with E-state index in [1.807, 2.05) is 12.4 Å². The molecular formula is C13H19N3O. The van der Waals surface area contributed by atoms with E-state index in [4.69, 9.17) is 4.74 Å². The maximum absolute atomic E-state index is 5.39. The third-order valence-electron chi connectivity index (χ3n) is 3.40. The molecule has 4 heteroatoms. The predicted octanol–water partition coefficient (Wildman–Crippen LogP) is 1.17. The quantitative estimate of drug-likeness (QED) is 0.847. The third-order valence-corrected chi connectivity index (χ3v) is 3.40. The molecule has 92 valence electrons. The zero-order chi connectivity index (χ0) is 11.5. The number of hydrogen-bond donors (Lipinski definition) is 1. The maximum Gasteiger partial charge on any atom is 0.0642 e. The lowest BCUT2D eigenvalue weighted by Gasteiger charge is -2.30. The lowest BCUT2D eigenvalue weighted by Crippen LogP contribution is -2.37. The highest BCUT2D eigenvalue weighted by molar-refractivity contribution is 5.52. The highest BCUT2D eigenvalue weighted by atomic mass is 16.5. The smallest absolute Gasteiger partial charge is 0.0642 e. The highest BCUT2D eigenvalue weighted by Gasteiger charge is 2.21. The minimum atomic E-state index is 0.751. The van der Waals surface area contributed by atoms with Gasteiger partial charge in [0.25, 0.3) is 0 Å². The van der Waals surface area contributed by atoms with E-state index >= 15 is 0 Å². The first-order valence-corrected chi connectivity index (χ1v) is 6.42. The molecule has 0 aromatic carbocycles. The fourth-order valence-electron chi connectivity index (χ4n) is 2.20. The summed E-state index contributed by atoms with van der Waals surface area (Å²) in [6, 6.07) is 2.88. The van der Waals surface area contributed by atoms with Crippen molar-refractivity contribution in [1.29, 1.82) is 0 Å². The molecule has 4 nitrogen and oxygen atoms in total. The summed E-state index contributed by atoms with van der Waals surface area (Å²) in [5.74, 6) is 0. The second-order valence-corrected chi connectivity index (χ2v) is 4.76. The fourth-order valence-corrected chi connectivity index (χ4v) is 2.20. The van der Waals surface area contributed by atoms with E-state index in [0.29, 0.717) is 0 Å². The van der Waals surface area contributed by atoms with Crippen molar-refractivity contribution in [2.75, 3.05) is 31.2 Å². The number of anilines is 1. The van der Waals surface area contributed by atoms with Crippen LogP contribution in [0.5, 0.6) is 0 Å². The summed E-state index contributed by atoms with van der Waals surface area (Å²) in [4.78, 5) is 6.63. The van der Waals surface area contributed by atoms with Gasteiger partial charge in [-0.3, -0.25) is 4.98 Å². The summed E-state index contributed by atoms with van der Waals surface area (Å²) >= 11 is 0. The van der Waals surface area contributed by atoms with E-state index in [1.54, 1.807) is 0 Å². The standard InChI is InChI=1S/C13H19N3O/c1-2-12(1)15-9-11-3-4-14-10-13(11)16-5-7-17-8-6-16/h3-4,10,12,15H,1-2,5-9H2. The van der Waals surface area contributed by atoms with Gasteiger partial charge in [0.1, 0.15) is 0 Å². The Morgan fingerprint density at radius 3 is 2.94 bits per heavy atom. The van der Waals surface area contributed by atoms with Crippen molar-refractivity contribution < 1.29 is 4.74 Å². The number of pyridine rings is 1. The number of nitrogens with zero attached hydrogens (tertiary/aromatic N) is 2. The van der Waals surface area contributed by atoms with Crippen molar-refractivity contribution in [1.82, 2.24) is 10.3 Å². The summed E-state index contributed by atoms with van der Waals surface area (Å²) in [5, 5.41) is 3.57. The average Bonchev–Trinajstić information content (AvgIpc) is 3.22. The Morgan fingerprint density at radius 1 is 1.35 bits per heavy atom. The van der Waals surface area contributed by atoms with Gasteiger partial charge < -0.3 is 15.0 Å². The highest BCUT2D eigenvalue weighted by Crippen LogP contribution is 2.23. The Hall–Kier alpha value is -1.13. The van der Waals surface area contributed by atoms with E-state index in [9.17, 15) is 0 Å². The minimum absolute atomic E-state index is 0.751. The van der Waals surface area contributed by atoms with Gasteiger partial charge in [0.2, 0.25) is 0 Å². The Morgan fingerprint density at radius 2 is 2.18 bits per heavy atom. The molecule has 1 aromatic rings. The van der Waals surface area contributed by atoms with Gasteiger partial charge in [-0.25, -0.2) is 0 Å². The Bertz CT molecular complexity index is 373. The average molecular weight is 233 g/mol. The number of nitrogens with one attached hydrogen (secondary N) is 1. The van der Waals surface area contributed by atoms with Crippen LogP contribution in [0.2, 0.25) is 0 Å². The van der Waals surface area contributed by atoms with Crippen molar-refractivity contribution in [2.24, 2.45) is 0 Å². The lowest BCUT2D eigenvalue weighted by atomic mass is 10.2. The van der Waals surface area contributed by atoms with Crippen molar-refractivity contribution >= 4 is 5.69 Å². The summed E-state index contributed by atoms with van der Waals surface area (Å²) in [6.45, 7) is 4.55. The molecule has 1 N–H and O–H groups in total. The Kier molecular flexibility index (Phi) is 3.25. The summed E-state index contributed by atoms with van der Waals surface area (Å²) in [6.07, 6.45) is 6.53. The molecule has 0 unspecified atom stereocenters. The van der Waals surface area contributed by atoms with E-state index in [1.165, 1.54) is 24.1 Å². The van der Waals surface area contributed by atoms with Gasteiger partial charge in [-0.15, -0.1) is 0 Å². The third kappa shape index (κ3) is 2.76. The minimum Gasteiger partial charge on any atom is -0.378 e. The van der Waals surface area contributed by atoms with Crippen LogP contribution >= 0.6 is 0 Å². The number of aromatic nitrogens is 1. The van der Waals surface area contributed by atoms with Crippen LogP contribution in [0, 0.1) is 0 Å². The van der Waals surface area contributed by atoms with Crippen molar-refractivity contribution in [2.45, 2.75) is 25.4 Å². The first-order valence-electron chi connectivity index (χ1n) is 6.42. The summed E-state index contributed by atoms with van der Waals surface area (Å²) in [5.41, 5.74) is 2.62. The molecule has 0 spiro atoms. The molecule has 1 aromatic heterocycles. The van der Waals surface area contributed by atoms with Crippen LogP contribution in [0.15, 0.2) is 18.5 Å². The lowest BCUT2D eigenvalue weighted by molar-refractivity contribution is 0.122. The van der Waals surface area contributed by atoms with Crippen LogP contribution in [-0.2, 0) is 11.3 Å². The molecule has 1 saturated carbocycles. The predicted molar refractivity (Wildman–Crippen MR) is 67.1 cm³/mol. The van der Waals surface area contributed by atoms with Crippen molar-refractivity contribution in [3.05, 3.63) is 24.0 Å². The number of hydrogen-bond acceptors (Lipinski definition) is 4. The monoisotopic (exact) mass is 233 g/mol. The summed E-state index contributed by atoms with van der Waals surface area (Å²) < 4.78 is 5.39. The first-order chi connectivity index (χ1) is 8.43. The van der Waals surface area contributed by atoms with Crippen LogP contribution in [0.4, 0.5) is 5.69 Å². The molecule has 1 aliphatic carbocycles. The Balaban J connectivity index is 1.71. The molecule has 0 bridgehead atoms. The van der Waals surface area contributed by atoms with Crippen LogP contribution in [0.25, 0.3) is 0 Å². The molecular weight excluding hydrogens is 214 g/mol. The molecule has 0 radical (unpaired) electrons. The van der Waals surface area contributed by atoms with Crippen molar-refractivity contribution in [3.63, 3.8) is 0 Å². The first kappa shape index (κ1) is 11.0. The van der Waals surface area contributed by atoms with Gasteiger partial charge in [0, 0.05) is 31.9 Å². The van der Waals surface area contributed by atoms with Gasteiger partial charge in [-0.1, -0.05) is 0 Å². The second-order valence-electron chi connectivity index (χ2n) is 4.76. The topological polar surface area (TPSA) is 37.4 Å². The van der Waals surface area contributed by atoms with Gasteiger partial charge >= 0.3 is 0 Å². The van der Waals surface area contributed by atoms with Gasteiger partial charge in [0.05, 0.1) is 25.1 Å². The van der Waals surface area contributed by atoms with Gasteiger partial charge in [-0.05, 0) is 24.5 Å². The van der Waals surface area contributed by atoms with E-state index in [2.05, 4.69) is 21.3 Å². The van der Waals surface area contributed by atoms with Gasteiger partial charge in [0.15, 0.2) is 0 Å². The number of morpholine rings is 1. The van der Waals surface area contributed by atoms with Crippen LogP contribution < -0.4 is 10.2 Å². The number of ether oxygens (including phenoxy) is 1. The molecule has 2 fully saturated rings. The molecule has 3 rings (SSSR count). The van der Waals surface area contributed by atoms with E-state index < -0.39 is 0 Å². The molecule has 0 atom stereocenters. The van der Waals surface area contributed by atoms with Gasteiger partial charge in [-0.2, -0.15) is 0 Å². The molecule has 0 amide bonds. The molecule has 2 heterocycles. The molecule has 1 saturated heterocycles. The zero-order valence-corrected chi connectivity index (χ0v) is 10.1. The van der Waals surface area contributed by atoms with Crippen LogP contribution in [-0.4, -0.2) is 37.3 Å². The van der Waals surface area contributed by atoms with E-state index in [0.717, 1.165) is 38.9 Å². The SMILES string of the molecule is c1cc(CNC2CC2)c(N2CCOCC2)cn1. The summed E-state index contributed by atoms with van der Waals surface area (Å²) in [7, 11) is 0. The van der Waals surface area contributed by atoms with Crippen LogP contribution in [0.1, 0.15) is 18.4 Å². The zero-order valence-electron chi connectivity index (χ0n) is 10.1. The largest absolute Gasteiger partial charge is 0.378 e. The molecule has 1 aliphatic heterocycles. The second kappa shape index (κ2) is 5.02. The Labute approximate surface area is 102 Å². The van der Waals surface area contributed by atoms with Crippen LogP contribution in [0.3, 0.4) is 0 Å². The normalized spacial score (nSPS) is 20.6. The fraction of sp³-hybridized carbons (Fsp3) is 0.615. The molecule has 2 aliphatic rings. The van der Waals surface area contributed by atoms with Crippen molar-refractivity contribution in [3.8, 4) is 0 Å².